The van der Waals surface area contributed by atoms with Crippen LogP contribution in [0.4, 0.5) is 4.79 Å². The Kier molecular flexibility index (Phi) is 5.10. The standard InChI is InChI=1S/C13H15ClN2O5/c14-9-5-8(6-10-12(9)21-4-3-20-10)7-16-13(19)15-2-1-11(17)18/h5-6H,1-4,7H2,(H,17,18)(H2,15,16,19). The summed E-state index contributed by atoms with van der Waals surface area (Å²) in [5, 5.41) is 13.9. The zero-order valence-electron chi connectivity index (χ0n) is 11.1. The van der Waals surface area contributed by atoms with Gasteiger partial charge in [0.25, 0.3) is 0 Å². The van der Waals surface area contributed by atoms with E-state index >= 15 is 0 Å². The normalized spacial score (nSPS) is 12.6. The maximum absolute atomic E-state index is 11.5. The van der Waals surface area contributed by atoms with Gasteiger partial charge in [-0.05, 0) is 17.7 Å². The third-order valence-electron chi connectivity index (χ3n) is 2.73. The molecule has 2 amide bonds. The van der Waals surface area contributed by atoms with Crippen LogP contribution < -0.4 is 20.1 Å². The molecular weight excluding hydrogens is 300 g/mol. The number of nitrogens with one attached hydrogen (secondary N) is 2. The molecule has 8 heteroatoms. The molecule has 3 N–H and O–H groups in total. The van der Waals surface area contributed by atoms with Crippen molar-refractivity contribution in [2.24, 2.45) is 0 Å². The highest BCUT2D eigenvalue weighted by molar-refractivity contribution is 6.32. The molecule has 0 fully saturated rings. The zero-order chi connectivity index (χ0) is 15.2. The monoisotopic (exact) mass is 314 g/mol. The van der Waals surface area contributed by atoms with E-state index in [0.717, 1.165) is 5.56 Å². The molecule has 0 atom stereocenters. The van der Waals surface area contributed by atoms with Gasteiger partial charge in [-0.15, -0.1) is 0 Å². The van der Waals surface area contributed by atoms with Crippen molar-refractivity contribution in [1.29, 1.82) is 0 Å². The highest BCUT2D eigenvalue weighted by atomic mass is 35.5. The molecule has 0 saturated heterocycles. The van der Waals surface area contributed by atoms with Crippen molar-refractivity contribution in [3.8, 4) is 11.5 Å². The van der Waals surface area contributed by atoms with Crippen LogP contribution in [0.25, 0.3) is 0 Å². The molecule has 0 radical (unpaired) electrons. The summed E-state index contributed by atoms with van der Waals surface area (Å²) in [6.07, 6.45) is -0.122. The molecule has 1 aromatic rings. The quantitative estimate of drug-likeness (QED) is 0.763. The molecule has 1 aliphatic heterocycles. The minimum absolute atomic E-state index is 0.0725. The van der Waals surface area contributed by atoms with Crippen LogP contribution in [0.15, 0.2) is 12.1 Å². The van der Waals surface area contributed by atoms with E-state index in [1.165, 1.54) is 0 Å². The highest BCUT2D eigenvalue weighted by Crippen LogP contribution is 2.38. The fourth-order valence-electron chi connectivity index (χ4n) is 1.79. The summed E-state index contributed by atoms with van der Waals surface area (Å²) in [7, 11) is 0. The number of rotatable bonds is 5. The first-order valence-corrected chi connectivity index (χ1v) is 6.75. The zero-order valence-corrected chi connectivity index (χ0v) is 11.9. The average molecular weight is 315 g/mol. The van der Waals surface area contributed by atoms with Crippen LogP contribution in [0.5, 0.6) is 11.5 Å². The van der Waals surface area contributed by atoms with Crippen LogP contribution in [-0.4, -0.2) is 36.9 Å². The molecule has 1 aromatic carbocycles. The van der Waals surface area contributed by atoms with E-state index in [-0.39, 0.29) is 19.5 Å². The molecule has 1 heterocycles. The number of carboxylic acids is 1. The van der Waals surface area contributed by atoms with Crippen LogP contribution in [0.3, 0.4) is 0 Å². The van der Waals surface area contributed by atoms with Gasteiger partial charge >= 0.3 is 12.0 Å². The van der Waals surface area contributed by atoms with Crippen LogP contribution >= 0.6 is 11.6 Å². The Morgan fingerprint density at radius 3 is 2.76 bits per heavy atom. The van der Waals surface area contributed by atoms with Crippen molar-refractivity contribution in [3.05, 3.63) is 22.7 Å². The maximum Gasteiger partial charge on any atom is 0.315 e. The molecule has 0 bridgehead atoms. The summed E-state index contributed by atoms with van der Waals surface area (Å²) in [6, 6.07) is 2.99. The number of urea groups is 1. The van der Waals surface area contributed by atoms with Crippen molar-refractivity contribution >= 4 is 23.6 Å². The number of carbonyl (C=O) groups excluding carboxylic acids is 1. The molecule has 21 heavy (non-hydrogen) atoms. The van der Waals surface area contributed by atoms with Crippen molar-refractivity contribution in [2.75, 3.05) is 19.8 Å². The lowest BCUT2D eigenvalue weighted by Gasteiger charge is -2.20. The van der Waals surface area contributed by atoms with Gasteiger partial charge < -0.3 is 25.2 Å². The van der Waals surface area contributed by atoms with Crippen LogP contribution in [0, 0.1) is 0 Å². The maximum atomic E-state index is 11.5. The van der Waals surface area contributed by atoms with E-state index in [2.05, 4.69) is 10.6 Å². The van der Waals surface area contributed by atoms with E-state index in [9.17, 15) is 9.59 Å². The number of ether oxygens (including phenoxy) is 2. The molecule has 0 saturated carbocycles. The summed E-state index contributed by atoms with van der Waals surface area (Å²) in [4.78, 5) is 21.8. The fourth-order valence-corrected chi connectivity index (χ4v) is 2.08. The number of carbonyl (C=O) groups is 2. The molecule has 7 nitrogen and oxygen atoms in total. The SMILES string of the molecule is O=C(O)CCNC(=O)NCc1cc(Cl)c2c(c1)OCCO2. The third-order valence-corrected chi connectivity index (χ3v) is 3.01. The number of amides is 2. The predicted molar refractivity (Wildman–Crippen MR) is 74.9 cm³/mol. The molecular formula is C13H15ClN2O5. The first kappa shape index (κ1) is 15.2. The van der Waals surface area contributed by atoms with Gasteiger partial charge in [0.1, 0.15) is 13.2 Å². The molecule has 2 rings (SSSR count). The summed E-state index contributed by atoms with van der Waals surface area (Å²) >= 11 is 6.08. The van der Waals surface area contributed by atoms with E-state index < -0.39 is 12.0 Å². The number of aliphatic carboxylic acids is 1. The number of halogens is 1. The highest BCUT2D eigenvalue weighted by Gasteiger charge is 2.16. The smallest absolute Gasteiger partial charge is 0.315 e. The molecule has 0 spiro atoms. The lowest BCUT2D eigenvalue weighted by molar-refractivity contribution is -0.136. The molecule has 0 unspecified atom stereocenters. The first-order chi connectivity index (χ1) is 10.1. The number of fused-ring (bicyclic) bond motifs is 1. The van der Waals surface area contributed by atoms with Crippen LogP contribution in [-0.2, 0) is 11.3 Å². The van der Waals surface area contributed by atoms with Crippen LogP contribution in [0.2, 0.25) is 5.02 Å². The lowest BCUT2D eigenvalue weighted by Crippen LogP contribution is -2.36. The summed E-state index contributed by atoms with van der Waals surface area (Å²) in [6.45, 7) is 1.23. The van der Waals surface area contributed by atoms with Crippen molar-refractivity contribution < 1.29 is 24.2 Å². The number of benzene rings is 1. The molecule has 0 aliphatic carbocycles. The molecule has 114 valence electrons. The summed E-state index contributed by atoms with van der Waals surface area (Å²) in [5.41, 5.74) is 0.762. The number of hydrogen-bond donors (Lipinski definition) is 3. The van der Waals surface area contributed by atoms with Crippen molar-refractivity contribution in [3.63, 3.8) is 0 Å². The van der Waals surface area contributed by atoms with E-state index in [4.69, 9.17) is 26.2 Å². The lowest BCUT2D eigenvalue weighted by atomic mass is 10.2. The second kappa shape index (κ2) is 7.03. The van der Waals surface area contributed by atoms with Gasteiger partial charge in [-0.3, -0.25) is 4.79 Å². The van der Waals surface area contributed by atoms with E-state index in [0.29, 0.717) is 29.7 Å². The Labute approximate surface area is 126 Å². The van der Waals surface area contributed by atoms with Gasteiger partial charge in [0, 0.05) is 13.1 Å². The Bertz CT molecular complexity index is 550. The van der Waals surface area contributed by atoms with E-state index in [1.807, 2.05) is 0 Å². The Balaban J connectivity index is 1.87. The second-order valence-electron chi connectivity index (χ2n) is 4.36. The first-order valence-electron chi connectivity index (χ1n) is 6.38. The minimum atomic E-state index is -0.964. The third kappa shape index (κ3) is 4.42. The molecule has 0 aromatic heterocycles. The average Bonchev–Trinajstić information content (AvgIpc) is 2.45. The fraction of sp³-hybridized carbons (Fsp3) is 0.385. The minimum Gasteiger partial charge on any atom is -0.486 e. The summed E-state index contributed by atoms with van der Waals surface area (Å²) < 4.78 is 10.8. The van der Waals surface area contributed by atoms with Gasteiger partial charge in [-0.25, -0.2) is 4.79 Å². The Hall–Kier alpha value is -2.15. The largest absolute Gasteiger partial charge is 0.486 e. The Morgan fingerprint density at radius 1 is 1.24 bits per heavy atom. The van der Waals surface area contributed by atoms with Gasteiger partial charge in [0.15, 0.2) is 11.5 Å². The number of hydrogen-bond acceptors (Lipinski definition) is 4. The van der Waals surface area contributed by atoms with Gasteiger partial charge in [0.05, 0.1) is 11.4 Å². The van der Waals surface area contributed by atoms with Crippen LogP contribution in [0.1, 0.15) is 12.0 Å². The van der Waals surface area contributed by atoms with E-state index in [1.54, 1.807) is 12.1 Å². The predicted octanol–water partition coefficient (Wildman–Crippen LogP) is 1.39. The molecule has 1 aliphatic rings. The van der Waals surface area contributed by atoms with Gasteiger partial charge in [0.2, 0.25) is 0 Å². The van der Waals surface area contributed by atoms with Gasteiger partial charge in [-0.2, -0.15) is 0 Å². The number of carboxylic acid groups (broad SMARTS) is 1. The van der Waals surface area contributed by atoms with Crippen molar-refractivity contribution in [2.45, 2.75) is 13.0 Å². The van der Waals surface area contributed by atoms with Gasteiger partial charge in [-0.1, -0.05) is 11.6 Å². The Morgan fingerprint density at radius 2 is 2.00 bits per heavy atom. The topological polar surface area (TPSA) is 96.9 Å². The summed E-state index contributed by atoms with van der Waals surface area (Å²) in [5.74, 6) is 0.100. The second-order valence-corrected chi connectivity index (χ2v) is 4.76. The van der Waals surface area contributed by atoms with Crippen molar-refractivity contribution in [1.82, 2.24) is 10.6 Å².